The molecule has 0 aliphatic rings. The molecule has 0 aliphatic carbocycles. The third kappa shape index (κ3) is 5.34. The molecule has 0 fully saturated rings. The second kappa shape index (κ2) is 8.89. The van der Waals surface area contributed by atoms with Crippen LogP contribution in [0.3, 0.4) is 0 Å². The second-order valence-corrected chi connectivity index (χ2v) is 8.44. The number of amides is 1. The number of fused-ring (bicyclic) bond motifs is 1. The summed E-state index contributed by atoms with van der Waals surface area (Å²) in [5.41, 5.74) is 5.13. The molecule has 14 heteroatoms. The van der Waals surface area contributed by atoms with Gasteiger partial charge in [0.25, 0.3) is 5.91 Å². The Balaban J connectivity index is 1.83. The standard InChI is InChI=1S/C18H13Cl3F3N5O2S/c1-17(16(25)32,7-29-27-13-11(20)6-10(19)12(21)14(13)28-29)26-15(30)8-2-4-9(5-3-8)31-18(22,23)24/h2-6H,7H2,1H3,(H2,25,32)(H,26,30). The molecule has 2 aromatic carbocycles. The number of nitrogens with two attached hydrogens (primary N) is 1. The van der Waals surface area contributed by atoms with Gasteiger partial charge in [-0.3, -0.25) is 4.79 Å². The summed E-state index contributed by atoms with van der Waals surface area (Å²) in [4.78, 5) is 13.8. The fourth-order valence-electron chi connectivity index (χ4n) is 2.68. The second-order valence-electron chi connectivity index (χ2n) is 6.80. The summed E-state index contributed by atoms with van der Waals surface area (Å²) >= 11 is 23.4. The van der Waals surface area contributed by atoms with Crippen LogP contribution in [0.25, 0.3) is 11.0 Å². The number of thiocarbonyl (C=S) groups is 1. The number of alkyl halides is 3. The molecule has 0 saturated carbocycles. The summed E-state index contributed by atoms with van der Waals surface area (Å²) in [7, 11) is 0. The van der Waals surface area contributed by atoms with Crippen LogP contribution in [0.5, 0.6) is 5.75 Å². The number of hydrogen-bond donors (Lipinski definition) is 2. The zero-order chi connectivity index (χ0) is 23.8. The van der Waals surface area contributed by atoms with Crippen LogP contribution in [0.1, 0.15) is 17.3 Å². The number of ether oxygens (including phenoxy) is 1. The van der Waals surface area contributed by atoms with E-state index in [-0.39, 0.29) is 43.2 Å². The van der Waals surface area contributed by atoms with Crippen molar-refractivity contribution < 1.29 is 22.7 Å². The number of carbonyl (C=O) groups is 1. The topological polar surface area (TPSA) is 95.1 Å². The maximum atomic E-state index is 12.7. The minimum atomic E-state index is -4.84. The SMILES string of the molecule is CC(Cn1nc2c(Cl)cc(Cl)c(Cl)c2n1)(NC(=O)c1ccc(OC(F)(F)F)cc1)C(N)=S. The smallest absolute Gasteiger partial charge is 0.406 e. The largest absolute Gasteiger partial charge is 0.573 e. The van der Waals surface area contributed by atoms with E-state index in [9.17, 15) is 18.0 Å². The summed E-state index contributed by atoms with van der Waals surface area (Å²) in [5.74, 6) is -1.11. The van der Waals surface area contributed by atoms with E-state index in [1.165, 1.54) is 23.0 Å². The van der Waals surface area contributed by atoms with Crippen LogP contribution >= 0.6 is 47.0 Å². The molecular formula is C18H13Cl3F3N5O2S. The van der Waals surface area contributed by atoms with Gasteiger partial charge in [0.15, 0.2) is 0 Å². The number of benzene rings is 2. The Kier molecular flexibility index (Phi) is 6.75. The van der Waals surface area contributed by atoms with Crippen molar-refractivity contribution in [3.05, 3.63) is 51.0 Å². The first-order chi connectivity index (χ1) is 14.8. The molecule has 0 saturated heterocycles. The van der Waals surface area contributed by atoms with Crippen LogP contribution in [-0.4, -0.2) is 37.8 Å². The van der Waals surface area contributed by atoms with Crippen LogP contribution in [0.2, 0.25) is 15.1 Å². The average Bonchev–Trinajstić information content (AvgIpc) is 3.09. The molecule has 1 atom stereocenters. The average molecular weight is 527 g/mol. The summed E-state index contributed by atoms with van der Waals surface area (Å²) in [5, 5.41) is 11.7. The van der Waals surface area contributed by atoms with Crippen molar-refractivity contribution in [1.82, 2.24) is 20.3 Å². The molecule has 170 valence electrons. The van der Waals surface area contributed by atoms with Gasteiger partial charge < -0.3 is 15.8 Å². The van der Waals surface area contributed by atoms with Crippen LogP contribution in [0.15, 0.2) is 30.3 Å². The highest BCUT2D eigenvalue weighted by molar-refractivity contribution is 7.80. The highest BCUT2D eigenvalue weighted by Gasteiger charge is 2.33. The first kappa shape index (κ1) is 24.3. The number of rotatable bonds is 6. The highest BCUT2D eigenvalue weighted by atomic mass is 35.5. The number of nitrogens with zero attached hydrogens (tertiary/aromatic N) is 3. The van der Waals surface area contributed by atoms with Gasteiger partial charge >= 0.3 is 6.36 Å². The van der Waals surface area contributed by atoms with Gasteiger partial charge in [0.1, 0.15) is 27.3 Å². The number of halogens is 6. The summed E-state index contributed by atoms with van der Waals surface area (Å²) < 4.78 is 40.7. The monoisotopic (exact) mass is 525 g/mol. The van der Waals surface area contributed by atoms with Crippen molar-refractivity contribution in [2.45, 2.75) is 25.4 Å². The van der Waals surface area contributed by atoms with E-state index in [0.29, 0.717) is 0 Å². The van der Waals surface area contributed by atoms with Gasteiger partial charge in [-0.15, -0.1) is 13.2 Å². The number of aromatic nitrogens is 3. The van der Waals surface area contributed by atoms with Crippen molar-refractivity contribution in [2.24, 2.45) is 5.73 Å². The van der Waals surface area contributed by atoms with Crippen LogP contribution in [0.4, 0.5) is 13.2 Å². The molecule has 3 rings (SSSR count). The molecular weight excluding hydrogens is 514 g/mol. The minimum Gasteiger partial charge on any atom is -0.406 e. The maximum absolute atomic E-state index is 12.7. The van der Waals surface area contributed by atoms with E-state index in [1.807, 2.05) is 0 Å². The van der Waals surface area contributed by atoms with E-state index in [4.69, 9.17) is 52.8 Å². The summed E-state index contributed by atoms with van der Waals surface area (Å²) in [6.07, 6.45) is -4.84. The normalized spacial score (nSPS) is 13.6. The van der Waals surface area contributed by atoms with Gasteiger partial charge in [-0.05, 0) is 37.3 Å². The Hall–Kier alpha value is -2.34. The van der Waals surface area contributed by atoms with Crippen molar-refractivity contribution >= 4 is 68.9 Å². The van der Waals surface area contributed by atoms with E-state index in [0.717, 1.165) is 12.1 Å². The van der Waals surface area contributed by atoms with E-state index in [2.05, 4.69) is 20.3 Å². The van der Waals surface area contributed by atoms with Crippen molar-refractivity contribution in [1.29, 1.82) is 0 Å². The van der Waals surface area contributed by atoms with Crippen molar-refractivity contribution in [3.8, 4) is 5.75 Å². The molecule has 3 aromatic rings. The molecule has 0 bridgehead atoms. The Labute approximate surface area is 199 Å². The molecule has 3 N–H and O–H groups in total. The summed E-state index contributed by atoms with van der Waals surface area (Å²) in [6, 6.07) is 5.77. The first-order valence-electron chi connectivity index (χ1n) is 8.65. The highest BCUT2D eigenvalue weighted by Crippen LogP contribution is 2.34. The number of nitrogens with one attached hydrogen (secondary N) is 1. The van der Waals surface area contributed by atoms with Gasteiger partial charge in [-0.25, -0.2) is 0 Å². The van der Waals surface area contributed by atoms with Crippen molar-refractivity contribution in [2.75, 3.05) is 0 Å². The van der Waals surface area contributed by atoms with Gasteiger partial charge in [-0.2, -0.15) is 15.0 Å². The molecule has 0 aliphatic heterocycles. The Bertz CT molecular complexity index is 1200. The lowest BCUT2D eigenvalue weighted by molar-refractivity contribution is -0.274. The molecule has 0 spiro atoms. The van der Waals surface area contributed by atoms with Gasteiger partial charge in [0.05, 0.1) is 21.6 Å². The lowest BCUT2D eigenvalue weighted by atomic mass is 10.0. The lowest BCUT2D eigenvalue weighted by Gasteiger charge is -2.29. The lowest BCUT2D eigenvalue weighted by Crippen LogP contribution is -2.57. The summed E-state index contributed by atoms with van der Waals surface area (Å²) in [6.45, 7) is 1.45. The van der Waals surface area contributed by atoms with Crippen molar-refractivity contribution in [3.63, 3.8) is 0 Å². The Morgan fingerprint density at radius 3 is 2.31 bits per heavy atom. The third-order valence-corrected chi connectivity index (χ3v) is 5.81. The van der Waals surface area contributed by atoms with Crippen LogP contribution in [-0.2, 0) is 6.54 Å². The molecule has 7 nitrogen and oxygen atoms in total. The molecule has 1 heterocycles. The van der Waals surface area contributed by atoms with E-state index >= 15 is 0 Å². The zero-order valence-electron chi connectivity index (χ0n) is 16.0. The Morgan fingerprint density at radius 1 is 1.16 bits per heavy atom. The van der Waals surface area contributed by atoms with E-state index in [1.54, 1.807) is 6.92 Å². The minimum absolute atomic E-state index is 0.0541. The van der Waals surface area contributed by atoms with Gasteiger partial charge in [-0.1, -0.05) is 47.0 Å². The van der Waals surface area contributed by atoms with Crippen LogP contribution < -0.4 is 15.8 Å². The molecule has 1 amide bonds. The maximum Gasteiger partial charge on any atom is 0.573 e. The number of carbonyl (C=O) groups excluding carboxylic acids is 1. The quantitative estimate of drug-likeness (QED) is 0.355. The molecule has 1 aromatic heterocycles. The van der Waals surface area contributed by atoms with Crippen LogP contribution in [0, 0.1) is 0 Å². The predicted molar refractivity (Wildman–Crippen MR) is 118 cm³/mol. The molecule has 1 unspecified atom stereocenters. The predicted octanol–water partition coefficient (Wildman–Crippen LogP) is 4.76. The molecule has 0 radical (unpaired) electrons. The fourth-order valence-corrected chi connectivity index (χ4v) is 3.46. The van der Waals surface area contributed by atoms with Gasteiger partial charge in [0.2, 0.25) is 0 Å². The molecule has 32 heavy (non-hydrogen) atoms. The number of hydrogen-bond acceptors (Lipinski definition) is 5. The van der Waals surface area contributed by atoms with Gasteiger partial charge in [0, 0.05) is 5.56 Å². The Morgan fingerprint density at radius 2 is 1.75 bits per heavy atom. The first-order valence-corrected chi connectivity index (χ1v) is 10.2. The fraction of sp³-hybridized carbons (Fsp3) is 0.222. The van der Waals surface area contributed by atoms with E-state index < -0.39 is 23.6 Å². The zero-order valence-corrected chi connectivity index (χ0v) is 19.1. The third-order valence-electron chi connectivity index (χ3n) is 4.29.